The van der Waals surface area contributed by atoms with E-state index in [2.05, 4.69) is 0 Å². The smallest absolute Gasteiger partial charge is 0.188 e. The third-order valence-corrected chi connectivity index (χ3v) is 2.02. The van der Waals surface area contributed by atoms with Crippen LogP contribution in [0.4, 0.5) is 0 Å². The molecule has 0 aliphatic rings. The third-order valence-electron chi connectivity index (χ3n) is 0.925. The normalized spacial score (nSPS) is 11.3. The highest BCUT2D eigenvalue weighted by atomic mass is 32.2. The van der Waals surface area contributed by atoms with Crippen molar-refractivity contribution in [2.24, 2.45) is 0 Å². The maximum Gasteiger partial charge on any atom is 0.188 e. The molecule has 0 aliphatic carbocycles. The van der Waals surface area contributed by atoms with Crippen LogP contribution >= 0.6 is 0 Å². The lowest BCUT2D eigenvalue weighted by atomic mass is 10.4. The van der Waals surface area contributed by atoms with Gasteiger partial charge in [0, 0.05) is 6.26 Å². The van der Waals surface area contributed by atoms with Crippen molar-refractivity contribution in [1.82, 2.24) is 0 Å². The highest BCUT2D eigenvalue weighted by molar-refractivity contribution is 8.05. The molecule has 0 atom stereocenters. The van der Waals surface area contributed by atoms with Crippen LogP contribution < -0.4 is 0 Å². The molecule has 0 fully saturated rings. The van der Waals surface area contributed by atoms with Crippen LogP contribution in [0.25, 0.3) is 0 Å². The van der Waals surface area contributed by atoms with Crippen molar-refractivity contribution in [2.45, 2.75) is 19.8 Å². The van der Waals surface area contributed by atoms with E-state index in [1.54, 1.807) is 0 Å². The average molecular weight is 149 g/mol. The van der Waals surface area contributed by atoms with E-state index in [0.717, 1.165) is 6.26 Å². The summed E-state index contributed by atoms with van der Waals surface area (Å²) in [6, 6.07) is 0. The van der Waals surface area contributed by atoms with E-state index in [9.17, 15) is 8.42 Å². The zero-order chi connectivity index (χ0) is 7.49. The fourth-order valence-electron chi connectivity index (χ4n) is 0.412. The molecule has 0 rings (SSSR count). The van der Waals surface area contributed by atoms with Crippen LogP contribution in [0, 0.1) is 5.41 Å². The topological polar surface area (TPSA) is 58.0 Å². The van der Waals surface area contributed by atoms with Crippen molar-refractivity contribution >= 4 is 14.9 Å². The lowest BCUT2D eigenvalue weighted by molar-refractivity contribution is 0.611. The molecule has 0 unspecified atom stereocenters. The second-order valence-electron chi connectivity index (χ2n) is 1.95. The van der Waals surface area contributed by atoms with Gasteiger partial charge in [-0.25, -0.2) is 8.42 Å². The molecule has 0 aromatic rings. The van der Waals surface area contributed by atoms with E-state index >= 15 is 0 Å². The minimum Gasteiger partial charge on any atom is -0.294 e. The molecule has 9 heavy (non-hydrogen) atoms. The maximum absolute atomic E-state index is 10.5. The summed E-state index contributed by atoms with van der Waals surface area (Å²) >= 11 is 0. The highest BCUT2D eigenvalue weighted by Gasteiger charge is 2.07. The van der Waals surface area contributed by atoms with E-state index in [-0.39, 0.29) is 5.04 Å². The summed E-state index contributed by atoms with van der Waals surface area (Å²) in [5.74, 6) is 0. The van der Waals surface area contributed by atoms with Crippen LogP contribution in [0.15, 0.2) is 0 Å². The van der Waals surface area contributed by atoms with E-state index < -0.39 is 9.84 Å². The van der Waals surface area contributed by atoms with Gasteiger partial charge in [0.25, 0.3) is 0 Å². The fourth-order valence-corrected chi connectivity index (χ4v) is 0.987. The van der Waals surface area contributed by atoms with Gasteiger partial charge in [0.1, 0.15) is 5.04 Å². The van der Waals surface area contributed by atoms with Crippen molar-refractivity contribution in [3.63, 3.8) is 0 Å². The zero-order valence-corrected chi connectivity index (χ0v) is 6.46. The molecule has 4 heteroatoms. The molecule has 0 spiro atoms. The van der Waals surface area contributed by atoms with Crippen LogP contribution in [-0.2, 0) is 9.84 Å². The number of nitrogens with one attached hydrogen (secondary N) is 1. The summed E-state index contributed by atoms with van der Waals surface area (Å²) in [7, 11) is -3.18. The first-order valence-corrected chi connectivity index (χ1v) is 4.65. The van der Waals surface area contributed by atoms with Crippen molar-refractivity contribution < 1.29 is 8.42 Å². The molecule has 0 amide bonds. The molecule has 0 saturated heterocycles. The Labute approximate surface area is 55.5 Å². The van der Waals surface area contributed by atoms with Gasteiger partial charge in [-0.05, 0) is 12.8 Å². The summed E-state index contributed by atoms with van der Waals surface area (Å²) in [5.41, 5.74) is 0. The van der Waals surface area contributed by atoms with Gasteiger partial charge >= 0.3 is 0 Å². The molecule has 0 aromatic carbocycles. The van der Waals surface area contributed by atoms with Crippen LogP contribution in [-0.4, -0.2) is 19.7 Å². The number of hydrogen-bond acceptors (Lipinski definition) is 3. The average Bonchev–Trinajstić information content (AvgIpc) is 1.64. The van der Waals surface area contributed by atoms with Gasteiger partial charge in [0.2, 0.25) is 0 Å². The highest BCUT2D eigenvalue weighted by Crippen LogP contribution is 1.95. The quantitative estimate of drug-likeness (QED) is 0.466. The van der Waals surface area contributed by atoms with Gasteiger partial charge in [-0.3, -0.25) is 5.41 Å². The van der Waals surface area contributed by atoms with Gasteiger partial charge < -0.3 is 0 Å². The molecule has 0 radical (unpaired) electrons. The Morgan fingerprint density at radius 3 is 2.11 bits per heavy atom. The lowest BCUT2D eigenvalue weighted by Gasteiger charge is -1.95. The Hall–Kier alpha value is -0.380. The first-order chi connectivity index (χ1) is 3.98. The first-order valence-electron chi connectivity index (χ1n) is 2.76. The zero-order valence-electron chi connectivity index (χ0n) is 5.64. The number of sulfone groups is 1. The van der Waals surface area contributed by atoms with Gasteiger partial charge in [0.05, 0.1) is 0 Å². The summed E-state index contributed by atoms with van der Waals surface area (Å²) in [4.78, 5) is 0. The van der Waals surface area contributed by atoms with E-state index in [4.69, 9.17) is 5.41 Å². The van der Waals surface area contributed by atoms with Crippen LogP contribution in [0.2, 0.25) is 0 Å². The predicted molar refractivity (Wildman–Crippen MR) is 37.5 cm³/mol. The Morgan fingerprint density at radius 1 is 1.56 bits per heavy atom. The summed E-state index contributed by atoms with van der Waals surface area (Å²) in [5, 5.41) is 6.79. The third kappa shape index (κ3) is 3.24. The molecular formula is C5H11NO2S. The van der Waals surface area contributed by atoms with Crippen LogP contribution in [0.3, 0.4) is 0 Å². The monoisotopic (exact) mass is 149 g/mol. The second-order valence-corrected chi connectivity index (χ2v) is 3.98. The Morgan fingerprint density at radius 2 is 2.00 bits per heavy atom. The van der Waals surface area contributed by atoms with Gasteiger partial charge in [-0.2, -0.15) is 0 Å². The Balaban J connectivity index is 4.08. The van der Waals surface area contributed by atoms with Crippen molar-refractivity contribution in [3.05, 3.63) is 0 Å². The molecule has 0 aromatic heterocycles. The molecule has 54 valence electrons. The number of rotatable bonds is 2. The molecule has 0 heterocycles. The minimum atomic E-state index is -3.18. The fraction of sp³-hybridized carbons (Fsp3) is 0.800. The summed E-state index contributed by atoms with van der Waals surface area (Å²) in [6.45, 7) is 1.85. The summed E-state index contributed by atoms with van der Waals surface area (Å²) in [6.07, 6.45) is 2.13. The van der Waals surface area contributed by atoms with Gasteiger partial charge in [-0.15, -0.1) is 0 Å². The molecule has 0 bridgehead atoms. The van der Waals surface area contributed by atoms with E-state index in [1.165, 1.54) is 0 Å². The predicted octanol–water partition coefficient (Wildman–Crippen LogP) is 0.808. The minimum absolute atomic E-state index is 0.162. The number of hydrogen-bond donors (Lipinski definition) is 1. The Kier molecular flexibility index (Phi) is 2.84. The van der Waals surface area contributed by atoms with Crippen molar-refractivity contribution in [1.29, 1.82) is 5.41 Å². The SMILES string of the molecule is CCCC(=N)S(C)(=O)=O. The van der Waals surface area contributed by atoms with Gasteiger partial charge in [0.15, 0.2) is 9.84 Å². The van der Waals surface area contributed by atoms with Crippen LogP contribution in [0.1, 0.15) is 19.8 Å². The lowest BCUT2D eigenvalue weighted by Crippen LogP contribution is -2.10. The standard InChI is InChI=1S/C5H11NO2S/c1-3-4-5(6)9(2,7)8/h6H,3-4H2,1-2H3. The molecule has 0 saturated carbocycles. The van der Waals surface area contributed by atoms with Crippen LogP contribution in [0.5, 0.6) is 0 Å². The molecule has 3 nitrogen and oxygen atoms in total. The largest absolute Gasteiger partial charge is 0.294 e. The first kappa shape index (κ1) is 8.62. The van der Waals surface area contributed by atoms with Crippen molar-refractivity contribution in [3.8, 4) is 0 Å². The summed E-state index contributed by atoms with van der Waals surface area (Å²) < 4.78 is 21.0. The van der Waals surface area contributed by atoms with E-state index in [0.29, 0.717) is 12.8 Å². The van der Waals surface area contributed by atoms with E-state index in [1.807, 2.05) is 6.92 Å². The van der Waals surface area contributed by atoms with Crippen molar-refractivity contribution in [2.75, 3.05) is 6.26 Å². The van der Waals surface area contributed by atoms with Gasteiger partial charge in [-0.1, -0.05) is 6.92 Å². The Bertz CT molecular complexity index is 193. The molecule has 0 aliphatic heterocycles. The molecule has 1 N–H and O–H groups in total. The second kappa shape index (κ2) is 2.96. The molecular weight excluding hydrogens is 138 g/mol. The maximum atomic E-state index is 10.5.